The van der Waals surface area contributed by atoms with E-state index in [-0.39, 0.29) is 5.37 Å². The van der Waals surface area contributed by atoms with E-state index in [4.69, 9.17) is 4.74 Å². The number of hydrogen-bond donors (Lipinski definition) is 3. The first-order valence-electron chi connectivity index (χ1n) is 4.53. The Hall–Kier alpha value is -0.810. The molecule has 82 valence electrons. The van der Waals surface area contributed by atoms with Gasteiger partial charge in [0.25, 0.3) is 0 Å². The molecule has 1 unspecified atom stereocenters. The van der Waals surface area contributed by atoms with Gasteiger partial charge in [-0.05, 0) is 24.6 Å². The molecule has 0 aliphatic heterocycles. The number of amides is 1. The van der Waals surface area contributed by atoms with Crippen LogP contribution >= 0.6 is 25.3 Å². The molecule has 1 aromatic rings. The van der Waals surface area contributed by atoms with Gasteiger partial charge in [0, 0.05) is 4.90 Å². The molecular formula is C10H13NO2S2. The van der Waals surface area contributed by atoms with E-state index in [1.165, 1.54) is 0 Å². The number of nitrogens with one attached hydrogen (secondary N) is 1. The second-order valence-corrected chi connectivity index (χ2v) is 3.89. The Morgan fingerprint density at radius 2 is 2.07 bits per heavy atom. The Morgan fingerprint density at radius 1 is 1.47 bits per heavy atom. The summed E-state index contributed by atoms with van der Waals surface area (Å²) >= 11 is 8.42. The number of benzene rings is 1. The molecule has 1 rings (SSSR count). The van der Waals surface area contributed by atoms with Gasteiger partial charge in [0.05, 0.1) is 6.61 Å². The molecule has 3 nitrogen and oxygen atoms in total. The van der Waals surface area contributed by atoms with Crippen LogP contribution in [0.2, 0.25) is 0 Å². The zero-order chi connectivity index (χ0) is 11.3. The third-order valence-corrected chi connectivity index (χ3v) is 2.46. The van der Waals surface area contributed by atoms with E-state index in [1.54, 1.807) is 6.92 Å². The summed E-state index contributed by atoms with van der Waals surface area (Å²) in [6.07, 6.45) is -0.465. The molecule has 0 aromatic heterocycles. The number of ether oxygens (including phenoxy) is 1. The normalized spacial score (nSPS) is 11.9. The molecule has 1 aromatic carbocycles. The third kappa shape index (κ3) is 4.05. The van der Waals surface area contributed by atoms with Gasteiger partial charge in [-0.1, -0.05) is 12.1 Å². The van der Waals surface area contributed by atoms with Gasteiger partial charge in [-0.3, -0.25) is 0 Å². The number of carbonyl (C=O) groups is 1. The SMILES string of the molecule is CCOC(=O)NC(S)c1ccc(S)cc1. The molecule has 0 fully saturated rings. The maximum Gasteiger partial charge on any atom is 0.408 e. The number of carbonyl (C=O) groups excluding carboxylic acids is 1. The van der Waals surface area contributed by atoms with Gasteiger partial charge in [-0.2, -0.15) is 0 Å². The zero-order valence-corrected chi connectivity index (χ0v) is 10.1. The fourth-order valence-corrected chi connectivity index (χ4v) is 1.45. The van der Waals surface area contributed by atoms with Gasteiger partial charge in [0.2, 0.25) is 0 Å². The maximum absolute atomic E-state index is 11.1. The molecule has 1 atom stereocenters. The van der Waals surface area contributed by atoms with Crippen molar-refractivity contribution >= 4 is 31.4 Å². The highest BCUT2D eigenvalue weighted by Crippen LogP contribution is 2.18. The van der Waals surface area contributed by atoms with Crippen LogP contribution < -0.4 is 5.32 Å². The minimum absolute atomic E-state index is 0.349. The lowest BCUT2D eigenvalue weighted by molar-refractivity contribution is 0.151. The molecule has 0 aliphatic carbocycles. The van der Waals surface area contributed by atoms with E-state index in [9.17, 15) is 4.79 Å². The van der Waals surface area contributed by atoms with Crippen molar-refractivity contribution in [2.24, 2.45) is 0 Å². The van der Waals surface area contributed by atoms with Crippen LogP contribution in [-0.2, 0) is 4.74 Å². The Bertz CT molecular complexity index is 327. The molecule has 0 saturated heterocycles. The number of thiol groups is 2. The van der Waals surface area contributed by atoms with Crippen molar-refractivity contribution in [2.75, 3.05) is 6.61 Å². The van der Waals surface area contributed by atoms with Crippen molar-refractivity contribution in [2.45, 2.75) is 17.2 Å². The van der Waals surface area contributed by atoms with Crippen LogP contribution in [0.5, 0.6) is 0 Å². The van der Waals surface area contributed by atoms with Crippen molar-refractivity contribution in [3.05, 3.63) is 29.8 Å². The summed E-state index contributed by atoms with van der Waals surface area (Å²) in [5.41, 5.74) is 0.893. The fourth-order valence-electron chi connectivity index (χ4n) is 1.02. The summed E-state index contributed by atoms with van der Waals surface area (Å²) in [4.78, 5) is 12.0. The smallest absolute Gasteiger partial charge is 0.408 e. The molecule has 0 saturated carbocycles. The Labute approximate surface area is 100 Å². The van der Waals surface area contributed by atoms with Gasteiger partial charge in [0.15, 0.2) is 0 Å². The van der Waals surface area contributed by atoms with Gasteiger partial charge in [0.1, 0.15) is 5.37 Å². The summed E-state index contributed by atoms with van der Waals surface area (Å²) in [5, 5.41) is 2.23. The zero-order valence-electron chi connectivity index (χ0n) is 8.30. The van der Waals surface area contributed by atoms with Crippen LogP contribution in [0.1, 0.15) is 17.9 Å². The first-order chi connectivity index (χ1) is 7.13. The molecular weight excluding hydrogens is 230 g/mol. The van der Waals surface area contributed by atoms with E-state index in [2.05, 4.69) is 30.6 Å². The van der Waals surface area contributed by atoms with Crippen molar-refractivity contribution < 1.29 is 9.53 Å². The van der Waals surface area contributed by atoms with Crippen molar-refractivity contribution in [1.82, 2.24) is 5.32 Å². The van der Waals surface area contributed by atoms with Crippen LogP contribution in [0.4, 0.5) is 4.79 Å². The predicted octanol–water partition coefficient (Wildman–Crippen LogP) is 2.65. The van der Waals surface area contributed by atoms with E-state index in [0.29, 0.717) is 6.61 Å². The highest BCUT2D eigenvalue weighted by Gasteiger charge is 2.09. The maximum atomic E-state index is 11.1. The molecule has 0 bridgehead atoms. The largest absolute Gasteiger partial charge is 0.450 e. The van der Waals surface area contributed by atoms with Crippen LogP contribution in [-0.4, -0.2) is 12.7 Å². The molecule has 15 heavy (non-hydrogen) atoms. The van der Waals surface area contributed by atoms with Gasteiger partial charge < -0.3 is 10.1 Å². The van der Waals surface area contributed by atoms with E-state index >= 15 is 0 Å². The molecule has 1 amide bonds. The van der Waals surface area contributed by atoms with Crippen molar-refractivity contribution in [3.63, 3.8) is 0 Å². The number of rotatable bonds is 3. The highest BCUT2D eigenvalue weighted by atomic mass is 32.1. The summed E-state index contributed by atoms with van der Waals surface area (Å²) in [6.45, 7) is 2.10. The summed E-state index contributed by atoms with van der Waals surface area (Å²) < 4.78 is 4.74. The van der Waals surface area contributed by atoms with Crippen molar-refractivity contribution in [3.8, 4) is 0 Å². The van der Waals surface area contributed by atoms with Crippen molar-refractivity contribution in [1.29, 1.82) is 0 Å². The highest BCUT2D eigenvalue weighted by molar-refractivity contribution is 7.80. The topological polar surface area (TPSA) is 38.3 Å². The van der Waals surface area contributed by atoms with E-state index < -0.39 is 6.09 Å². The van der Waals surface area contributed by atoms with Crippen LogP contribution in [0.3, 0.4) is 0 Å². The first kappa shape index (κ1) is 12.3. The number of hydrogen-bond acceptors (Lipinski definition) is 4. The molecule has 5 heteroatoms. The number of alkyl carbamates (subject to hydrolysis) is 1. The van der Waals surface area contributed by atoms with Gasteiger partial charge >= 0.3 is 6.09 Å². The van der Waals surface area contributed by atoms with Gasteiger partial charge in [-0.25, -0.2) is 4.79 Å². The average molecular weight is 243 g/mol. The molecule has 1 N–H and O–H groups in total. The minimum atomic E-state index is -0.465. The fraction of sp³-hybridized carbons (Fsp3) is 0.300. The molecule has 0 aliphatic rings. The second kappa shape index (κ2) is 5.92. The lowest BCUT2D eigenvalue weighted by Crippen LogP contribution is -2.26. The lowest BCUT2D eigenvalue weighted by Gasteiger charge is -2.13. The second-order valence-electron chi connectivity index (χ2n) is 2.86. The standard InChI is InChI=1S/C10H13NO2S2/c1-2-13-10(12)11-9(15)7-3-5-8(14)6-4-7/h3-6,9,14-15H,2H2,1H3,(H,11,12). The average Bonchev–Trinajstić information content (AvgIpc) is 2.18. The summed E-state index contributed by atoms with van der Waals surface area (Å²) in [6, 6.07) is 7.39. The van der Waals surface area contributed by atoms with Gasteiger partial charge in [-0.15, -0.1) is 25.3 Å². The molecule has 0 heterocycles. The quantitative estimate of drug-likeness (QED) is 0.564. The lowest BCUT2D eigenvalue weighted by atomic mass is 10.2. The molecule has 0 spiro atoms. The van der Waals surface area contributed by atoms with Crippen LogP contribution in [0.15, 0.2) is 29.2 Å². The Morgan fingerprint density at radius 3 is 2.60 bits per heavy atom. The van der Waals surface area contributed by atoms with Crippen LogP contribution in [0, 0.1) is 0 Å². The van der Waals surface area contributed by atoms with E-state index in [1.807, 2.05) is 24.3 Å². The summed E-state index contributed by atoms with van der Waals surface area (Å²) in [5.74, 6) is 0. The minimum Gasteiger partial charge on any atom is -0.450 e. The Kier molecular flexibility index (Phi) is 4.84. The first-order valence-corrected chi connectivity index (χ1v) is 5.50. The Balaban J connectivity index is 2.57. The predicted molar refractivity (Wildman–Crippen MR) is 65.6 cm³/mol. The monoisotopic (exact) mass is 243 g/mol. The third-order valence-electron chi connectivity index (χ3n) is 1.74. The summed E-state index contributed by atoms with van der Waals surface area (Å²) in [7, 11) is 0. The molecule has 0 radical (unpaired) electrons. The van der Waals surface area contributed by atoms with E-state index in [0.717, 1.165) is 10.5 Å². The van der Waals surface area contributed by atoms with Crippen LogP contribution in [0.25, 0.3) is 0 Å².